The molecule has 1 saturated heterocycles. The number of thioether (sulfide) groups is 2. The van der Waals surface area contributed by atoms with Gasteiger partial charge in [-0.3, -0.25) is 9.69 Å². The summed E-state index contributed by atoms with van der Waals surface area (Å²) in [5.41, 5.74) is 3.17. The van der Waals surface area contributed by atoms with E-state index in [2.05, 4.69) is 12.1 Å². The van der Waals surface area contributed by atoms with Crippen LogP contribution in [0.4, 0.5) is 5.69 Å². The molecule has 28 heavy (non-hydrogen) atoms. The molecule has 0 aliphatic carbocycles. The van der Waals surface area contributed by atoms with E-state index in [0.29, 0.717) is 15.0 Å². The minimum Gasteiger partial charge on any atom is -0.450 e. The third-order valence-corrected chi connectivity index (χ3v) is 6.47. The van der Waals surface area contributed by atoms with Gasteiger partial charge in [-0.25, -0.2) is 0 Å². The van der Waals surface area contributed by atoms with Gasteiger partial charge in [-0.1, -0.05) is 83.8 Å². The van der Waals surface area contributed by atoms with Gasteiger partial charge in [-0.05, 0) is 36.8 Å². The summed E-state index contributed by atoms with van der Waals surface area (Å²) in [5, 5.41) is 0.823. The number of carbonyl (C=O) groups excluding carboxylic acids is 1. The molecule has 1 amide bonds. The lowest BCUT2D eigenvalue weighted by Crippen LogP contribution is -2.27. The van der Waals surface area contributed by atoms with Crippen LogP contribution < -0.4 is 4.90 Å². The molecule has 0 spiro atoms. The Hall–Kier alpha value is -2.28. The maximum absolute atomic E-state index is 12.8. The molecule has 1 aliphatic rings. The molecule has 4 rings (SSSR count). The van der Waals surface area contributed by atoms with E-state index >= 15 is 0 Å². The van der Waals surface area contributed by atoms with Gasteiger partial charge < -0.3 is 4.42 Å². The molecule has 2 aromatic carbocycles. The number of hydrogen-bond donors (Lipinski definition) is 0. The lowest BCUT2D eigenvalue weighted by Gasteiger charge is -2.14. The van der Waals surface area contributed by atoms with Crippen LogP contribution in [0.15, 0.2) is 81.1 Å². The minimum absolute atomic E-state index is 0.117. The second-order valence-electron chi connectivity index (χ2n) is 6.28. The normalized spacial score (nSPS) is 15.6. The molecule has 1 aromatic heterocycles. The van der Waals surface area contributed by atoms with Crippen molar-refractivity contribution in [1.82, 2.24) is 0 Å². The zero-order chi connectivity index (χ0) is 19.5. The van der Waals surface area contributed by atoms with E-state index in [4.69, 9.17) is 16.6 Å². The van der Waals surface area contributed by atoms with Crippen molar-refractivity contribution in [3.8, 4) is 0 Å². The Morgan fingerprint density at radius 2 is 1.82 bits per heavy atom. The van der Waals surface area contributed by atoms with Crippen molar-refractivity contribution in [3.63, 3.8) is 0 Å². The number of thiocarbonyl (C=S) groups is 1. The van der Waals surface area contributed by atoms with Crippen LogP contribution in [0.3, 0.4) is 0 Å². The van der Waals surface area contributed by atoms with E-state index in [1.165, 1.54) is 17.3 Å². The molecule has 0 saturated carbocycles. The highest BCUT2D eigenvalue weighted by atomic mass is 32.2. The van der Waals surface area contributed by atoms with Gasteiger partial charge in [0, 0.05) is 11.8 Å². The van der Waals surface area contributed by atoms with Crippen LogP contribution in [-0.2, 0) is 10.5 Å². The molecule has 140 valence electrons. The predicted octanol–water partition coefficient (Wildman–Crippen LogP) is 6.29. The summed E-state index contributed by atoms with van der Waals surface area (Å²) in [6.45, 7) is 2.01. The number of benzene rings is 2. The fourth-order valence-electron chi connectivity index (χ4n) is 2.73. The summed E-state index contributed by atoms with van der Waals surface area (Å²) in [6.07, 6.45) is 1.76. The van der Waals surface area contributed by atoms with Crippen LogP contribution >= 0.6 is 35.7 Å². The average Bonchev–Trinajstić information content (AvgIpc) is 3.26. The summed E-state index contributed by atoms with van der Waals surface area (Å²) in [7, 11) is 0. The molecule has 1 aliphatic heterocycles. The summed E-state index contributed by atoms with van der Waals surface area (Å²) < 4.78 is 6.40. The Kier molecular flexibility index (Phi) is 5.71. The molecule has 3 aromatic rings. The summed E-state index contributed by atoms with van der Waals surface area (Å²) >= 11 is 8.34. The van der Waals surface area contributed by atoms with E-state index in [9.17, 15) is 4.79 Å². The predicted molar refractivity (Wildman–Crippen MR) is 122 cm³/mol. The molecule has 0 N–H and O–H groups in total. The van der Waals surface area contributed by atoms with Gasteiger partial charge in [-0.2, -0.15) is 0 Å². The zero-order valence-corrected chi connectivity index (χ0v) is 17.6. The second-order valence-corrected chi connectivity index (χ2v) is 8.94. The van der Waals surface area contributed by atoms with Crippen molar-refractivity contribution in [2.24, 2.45) is 0 Å². The number of rotatable bonds is 5. The monoisotopic (exact) mass is 423 g/mol. The van der Waals surface area contributed by atoms with E-state index in [0.717, 1.165) is 22.1 Å². The average molecular weight is 424 g/mol. The molecule has 3 nitrogen and oxygen atoms in total. The number of aryl methyl sites for hydroxylation is 1. The van der Waals surface area contributed by atoms with Crippen molar-refractivity contribution >= 4 is 57.7 Å². The lowest BCUT2D eigenvalue weighted by atomic mass is 10.2. The SMILES string of the molecule is Cc1ccc(N2C(=O)/C(=C/c3ccc(SCc4ccccc4)o3)SC2=S)cc1. The first-order valence-corrected chi connectivity index (χ1v) is 10.9. The Morgan fingerprint density at radius 3 is 2.57 bits per heavy atom. The number of anilines is 1. The molecule has 0 radical (unpaired) electrons. The van der Waals surface area contributed by atoms with Crippen molar-refractivity contribution < 1.29 is 9.21 Å². The quantitative estimate of drug-likeness (QED) is 0.274. The van der Waals surface area contributed by atoms with Crippen LogP contribution in [-0.4, -0.2) is 10.2 Å². The van der Waals surface area contributed by atoms with Crippen LogP contribution in [0, 0.1) is 6.92 Å². The molecular weight excluding hydrogens is 406 g/mol. The van der Waals surface area contributed by atoms with Gasteiger partial charge in [-0.15, -0.1) is 0 Å². The third kappa shape index (κ3) is 4.24. The molecule has 0 atom stereocenters. The van der Waals surface area contributed by atoms with Gasteiger partial charge in [0.15, 0.2) is 9.41 Å². The number of hydrogen-bond acceptors (Lipinski definition) is 5. The van der Waals surface area contributed by atoms with Crippen molar-refractivity contribution in [3.05, 3.63) is 88.5 Å². The summed E-state index contributed by atoms with van der Waals surface area (Å²) in [6, 6.07) is 21.8. The van der Waals surface area contributed by atoms with Gasteiger partial charge in [0.2, 0.25) is 0 Å². The third-order valence-electron chi connectivity index (χ3n) is 4.19. The van der Waals surface area contributed by atoms with Crippen molar-refractivity contribution in [1.29, 1.82) is 0 Å². The maximum Gasteiger partial charge on any atom is 0.270 e. The fraction of sp³-hybridized carbons (Fsp3) is 0.0909. The smallest absolute Gasteiger partial charge is 0.270 e. The van der Waals surface area contributed by atoms with Crippen LogP contribution in [0.5, 0.6) is 0 Å². The highest BCUT2D eigenvalue weighted by molar-refractivity contribution is 8.27. The number of nitrogens with zero attached hydrogens (tertiary/aromatic N) is 1. The fourth-order valence-corrected chi connectivity index (χ4v) is 4.83. The Morgan fingerprint density at radius 1 is 1.07 bits per heavy atom. The molecular formula is C22H17NO2S3. The van der Waals surface area contributed by atoms with E-state index in [1.54, 1.807) is 22.7 Å². The lowest BCUT2D eigenvalue weighted by molar-refractivity contribution is -0.113. The highest BCUT2D eigenvalue weighted by Crippen LogP contribution is 2.36. The van der Waals surface area contributed by atoms with Gasteiger partial charge in [0.1, 0.15) is 5.76 Å². The molecule has 0 bridgehead atoms. The first-order valence-electron chi connectivity index (χ1n) is 8.71. The first-order chi connectivity index (χ1) is 13.6. The molecule has 0 unspecified atom stereocenters. The largest absolute Gasteiger partial charge is 0.450 e. The number of furan rings is 1. The van der Waals surface area contributed by atoms with Gasteiger partial charge in [0.25, 0.3) is 5.91 Å². The second kappa shape index (κ2) is 8.39. The summed E-state index contributed by atoms with van der Waals surface area (Å²) in [5.74, 6) is 1.37. The standard InChI is InChI=1S/C22H17NO2S3/c1-15-7-9-17(10-8-15)23-21(24)19(28-22(23)26)13-18-11-12-20(25-18)27-14-16-5-3-2-4-6-16/h2-13H,14H2,1H3/b19-13-. The van der Waals surface area contributed by atoms with Gasteiger partial charge >= 0.3 is 0 Å². The van der Waals surface area contributed by atoms with E-state index in [1.807, 2.05) is 61.5 Å². The Balaban J connectivity index is 1.47. The minimum atomic E-state index is -0.117. The topological polar surface area (TPSA) is 33.5 Å². The molecule has 2 heterocycles. The highest BCUT2D eigenvalue weighted by Gasteiger charge is 2.33. The van der Waals surface area contributed by atoms with E-state index < -0.39 is 0 Å². The number of amides is 1. The van der Waals surface area contributed by atoms with Crippen molar-refractivity contribution in [2.45, 2.75) is 17.8 Å². The van der Waals surface area contributed by atoms with Crippen LogP contribution in [0.25, 0.3) is 6.08 Å². The zero-order valence-electron chi connectivity index (χ0n) is 15.1. The maximum atomic E-state index is 12.8. The number of carbonyl (C=O) groups is 1. The Bertz CT molecular complexity index is 1040. The molecule has 6 heteroatoms. The Labute approximate surface area is 177 Å². The van der Waals surface area contributed by atoms with Crippen LogP contribution in [0.1, 0.15) is 16.9 Å². The molecule has 1 fully saturated rings. The first kappa shape index (κ1) is 19.1. The van der Waals surface area contributed by atoms with E-state index in [-0.39, 0.29) is 5.91 Å². The van der Waals surface area contributed by atoms with Crippen molar-refractivity contribution in [2.75, 3.05) is 4.90 Å². The van der Waals surface area contributed by atoms with Gasteiger partial charge in [0.05, 0.1) is 10.6 Å². The summed E-state index contributed by atoms with van der Waals surface area (Å²) in [4.78, 5) is 15.0. The van der Waals surface area contributed by atoms with Crippen LogP contribution in [0.2, 0.25) is 0 Å².